The first kappa shape index (κ1) is 17.7. The van der Waals surface area contributed by atoms with Gasteiger partial charge in [0.05, 0.1) is 5.02 Å². The van der Waals surface area contributed by atoms with E-state index in [1.165, 1.54) is 11.3 Å². The maximum atomic E-state index is 12.2. The van der Waals surface area contributed by atoms with Crippen LogP contribution in [0.25, 0.3) is 0 Å². The first-order valence-electron chi connectivity index (χ1n) is 7.46. The normalized spacial score (nSPS) is 10.5. The van der Waals surface area contributed by atoms with Crippen molar-refractivity contribution in [3.63, 3.8) is 0 Å². The molecule has 25 heavy (non-hydrogen) atoms. The van der Waals surface area contributed by atoms with Gasteiger partial charge < -0.3 is 10.1 Å². The Morgan fingerprint density at radius 1 is 1.16 bits per heavy atom. The summed E-state index contributed by atoms with van der Waals surface area (Å²) in [7, 11) is 0. The maximum Gasteiger partial charge on any atom is 0.271 e. The van der Waals surface area contributed by atoms with Crippen LogP contribution >= 0.6 is 34.5 Å². The number of ether oxygens (including phenoxy) is 1. The first-order valence-corrected chi connectivity index (χ1v) is 9.10. The highest BCUT2D eigenvalue weighted by molar-refractivity contribution is 7.09. The van der Waals surface area contributed by atoms with Crippen LogP contribution in [0.3, 0.4) is 0 Å². The molecule has 0 aliphatic carbocycles. The number of aromatic nitrogens is 1. The Hall–Kier alpha value is -2.08. The van der Waals surface area contributed by atoms with Crippen molar-refractivity contribution in [3.05, 3.63) is 80.2 Å². The number of benzene rings is 2. The highest BCUT2D eigenvalue weighted by atomic mass is 35.5. The Kier molecular flexibility index (Phi) is 5.91. The molecule has 0 bridgehead atoms. The summed E-state index contributed by atoms with van der Waals surface area (Å²) in [6.07, 6.45) is 0. The van der Waals surface area contributed by atoms with E-state index in [1.807, 2.05) is 30.3 Å². The fraction of sp³-hybridized carbons (Fsp3) is 0.111. The number of rotatable bonds is 6. The molecule has 0 aliphatic heterocycles. The van der Waals surface area contributed by atoms with Gasteiger partial charge >= 0.3 is 0 Å². The molecule has 0 spiro atoms. The van der Waals surface area contributed by atoms with E-state index in [9.17, 15) is 4.79 Å². The quantitative estimate of drug-likeness (QED) is 0.644. The van der Waals surface area contributed by atoms with Crippen LogP contribution in [0.15, 0.2) is 53.9 Å². The molecule has 1 aromatic heterocycles. The van der Waals surface area contributed by atoms with Crippen LogP contribution in [-0.4, -0.2) is 10.9 Å². The minimum Gasteiger partial charge on any atom is -0.485 e. The monoisotopic (exact) mass is 392 g/mol. The zero-order valence-electron chi connectivity index (χ0n) is 13.0. The summed E-state index contributed by atoms with van der Waals surface area (Å²) in [5.41, 5.74) is 1.40. The summed E-state index contributed by atoms with van der Waals surface area (Å²) >= 11 is 13.3. The molecule has 4 nitrogen and oxygen atoms in total. The molecule has 3 aromatic rings. The standard InChI is InChI=1S/C18H14Cl2N2O2S/c19-13-6-7-14(20)16(8-13)24-10-17-22-15(11-25-17)18(23)21-9-12-4-2-1-3-5-12/h1-8,11H,9-10H2,(H,21,23). The summed E-state index contributed by atoms with van der Waals surface area (Å²) in [4.78, 5) is 16.5. The van der Waals surface area contributed by atoms with E-state index < -0.39 is 0 Å². The molecule has 1 heterocycles. The van der Waals surface area contributed by atoms with Gasteiger partial charge in [-0.05, 0) is 17.7 Å². The largest absolute Gasteiger partial charge is 0.485 e. The van der Waals surface area contributed by atoms with Gasteiger partial charge in [-0.15, -0.1) is 11.3 Å². The van der Waals surface area contributed by atoms with Crippen molar-refractivity contribution in [1.29, 1.82) is 0 Å². The van der Waals surface area contributed by atoms with Crippen LogP contribution in [0.5, 0.6) is 5.75 Å². The maximum absolute atomic E-state index is 12.2. The summed E-state index contributed by atoms with van der Waals surface area (Å²) in [5, 5.41) is 6.25. The third-order valence-electron chi connectivity index (χ3n) is 3.32. The average Bonchev–Trinajstić information content (AvgIpc) is 3.10. The SMILES string of the molecule is O=C(NCc1ccccc1)c1csc(COc2cc(Cl)ccc2Cl)n1. The topological polar surface area (TPSA) is 51.2 Å². The molecule has 0 radical (unpaired) electrons. The minimum absolute atomic E-state index is 0.216. The predicted molar refractivity (Wildman–Crippen MR) is 101 cm³/mol. The van der Waals surface area contributed by atoms with Gasteiger partial charge in [-0.2, -0.15) is 0 Å². The Morgan fingerprint density at radius 2 is 1.96 bits per heavy atom. The summed E-state index contributed by atoms with van der Waals surface area (Å²) in [6, 6.07) is 14.7. The Bertz CT molecular complexity index is 869. The number of halogens is 2. The van der Waals surface area contributed by atoms with Crippen molar-refractivity contribution in [2.24, 2.45) is 0 Å². The van der Waals surface area contributed by atoms with Crippen LogP contribution in [0.4, 0.5) is 0 Å². The highest BCUT2D eigenvalue weighted by Gasteiger charge is 2.11. The number of carbonyl (C=O) groups is 1. The van der Waals surface area contributed by atoms with E-state index in [1.54, 1.807) is 23.6 Å². The summed E-state index contributed by atoms with van der Waals surface area (Å²) in [6.45, 7) is 0.678. The second-order valence-corrected chi connectivity index (χ2v) is 6.94. The molecule has 0 atom stereocenters. The number of carbonyl (C=O) groups excluding carboxylic acids is 1. The second-order valence-electron chi connectivity index (χ2n) is 5.16. The Labute approximate surface area is 159 Å². The molecule has 2 aromatic carbocycles. The fourth-order valence-electron chi connectivity index (χ4n) is 2.08. The van der Waals surface area contributed by atoms with Gasteiger partial charge in [0.2, 0.25) is 0 Å². The number of hydrogen-bond acceptors (Lipinski definition) is 4. The summed E-state index contributed by atoms with van der Waals surface area (Å²) < 4.78 is 5.63. The minimum atomic E-state index is -0.216. The molecule has 3 rings (SSSR count). The van der Waals surface area contributed by atoms with E-state index in [-0.39, 0.29) is 12.5 Å². The van der Waals surface area contributed by atoms with Gasteiger partial charge in [-0.1, -0.05) is 53.5 Å². The molecule has 0 unspecified atom stereocenters. The van der Waals surface area contributed by atoms with Crippen molar-refractivity contribution in [2.75, 3.05) is 0 Å². The van der Waals surface area contributed by atoms with Crippen molar-refractivity contribution >= 4 is 40.4 Å². The Balaban J connectivity index is 1.56. The number of nitrogens with one attached hydrogen (secondary N) is 1. The van der Waals surface area contributed by atoms with Crippen molar-refractivity contribution in [3.8, 4) is 5.75 Å². The van der Waals surface area contributed by atoms with Gasteiger partial charge in [0.25, 0.3) is 5.91 Å². The fourth-order valence-corrected chi connectivity index (χ4v) is 3.10. The molecule has 0 saturated heterocycles. The lowest BCUT2D eigenvalue weighted by Crippen LogP contribution is -2.23. The van der Waals surface area contributed by atoms with Crippen LogP contribution in [0.2, 0.25) is 10.0 Å². The highest BCUT2D eigenvalue weighted by Crippen LogP contribution is 2.28. The lowest BCUT2D eigenvalue weighted by Gasteiger charge is -2.06. The zero-order chi connectivity index (χ0) is 17.6. The first-order chi connectivity index (χ1) is 12.1. The third kappa shape index (κ3) is 4.95. The van der Waals surface area contributed by atoms with Gasteiger partial charge in [0.15, 0.2) is 0 Å². The lowest BCUT2D eigenvalue weighted by molar-refractivity contribution is 0.0946. The second kappa shape index (κ2) is 8.34. The third-order valence-corrected chi connectivity index (χ3v) is 4.69. The van der Waals surface area contributed by atoms with Gasteiger partial charge in [0.1, 0.15) is 23.1 Å². The average molecular weight is 393 g/mol. The van der Waals surface area contributed by atoms with E-state index in [2.05, 4.69) is 10.3 Å². The predicted octanol–water partition coefficient (Wildman–Crippen LogP) is 4.96. The summed E-state index contributed by atoms with van der Waals surface area (Å²) in [5.74, 6) is 0.270. The molecule has 1 N–H and O–H groups in total. The van der Waals surface area contributed by atoms with Crippen molar-refractivity contribution in [1.82, 2.24) is 10.3 Å². The number of nitrogens with zero attached hydrogens (tertiary/aromatic N) is 1. The number of amides is 1. The zero-order valence-corrected chi connectivity index (χ0v) is 15.4. The van der Waals surface area contributed by atoms with E-state index in [0.29, 0.717) is 33.0 Å². The molecule has 7 heteroatoms. The van der Waals surface area contributed by atoms with Crippen molar-refractivity contribution < 1.29 is 9.53 Å². The van der Waals surface area contributed by atoms with Crippen LogP contribution in [0.1, 0.15) is 21.1 Å². The molecule has 0 fully saturated rings. The van der Waals surface area contributed by atoms with Gasteiger partial charge in [0, 0.05) is 23.0 Å². The molecular formula is C18H14Cl2N2O2S. The van der Waals surface area contributed by atoms with E-state index in [0.717, 1.165) is 5.56 Å². The van der Waals surface area contributed by atoms with Gasteiger partial charge in [-0.3, -0.25) is 4.79 Å². The molecule has 128 valence electrons. The molecule has 1 amide bonds. The lowest BCUT2D eigenvalue weighted by atomic mass is 10.2. The van der Waals surface area contributed by atoms with Crippen LogP contribution < -0.4 is 10.1 Å². The van der Waals surface area contributed by atoms with E-state index >= 15 is 0 Å². The molecule has 0 saturated carbocycles. The number of thiazole rings is 1. The molecule has 0 aliphatic rings. The van der Waals surface area contributed by atoms with Gasteiger partial charge in [-0.25, -0.2) is 4.98 Å². The van der Waals surface area contributed by atoms with Crippen LogP contribution in [0, 0.1) is 0 Å². The number of hydrogen-bond donors (Lipinski definition) is 1. The smallest absolute Gasteiger partial charge is 0.271 e. The Morgan fingerprint density at radius 3 is 2.76 bits per heavy atom. The van der Waals surface area contributed by atoms with E-state index in [4.69, 9.17) is 27.9 Å². The van der Waals surface area contributed by atoms with Crippen LogP contribution in [-0.2, 0) is 13.2 Å². The molecular weight excluding hydrogens is 379 g/mol. The van der Waals surface area contributed by atoms with Crippen molar-refractivity contribution in [2.45, 2.75) is 13.2 Å².